The molecule has 0 bridgehead atoms. The highest BCUT2D eigenvalue weighted by Gasteiger charge is 2.11. The van der Waals surface area contributed by atoms with E-state index >= 15 is 0 Å². The Labute approximate surface area is 110 Å². The fourth-order valence-electron chi connectivity index (χ4n) is 1.62. The number of halogens is 2. The van der Waals surface area contributed by atoms with Gasteiger partial charge in [0.15, 0.2) is 11.6 Å². The third-order valence-corrected chi connectivity index (χ3v) is 2.87. The van der Waals surface area contributed by atoms with Crippen molar-refractivity contribution in [2.24, 2.45) is 5.73 Å². The highest BCUT2D eigenvalue weighted by Crippen LogP contribution is 2.31. The van der Waals surface area contributed by atoms with Gasteiger partial charge in [-0.3, -0.25) is 0 Å². The zero-order valence-electron chi connectivity index (χ0n) is 9.91. The molecule has 0 aliphatic rings. The van der Waals surface area contributed by atoms with E-state index in [0.717, 1.165) is 5.56 Å². The summed E-state index contributed by atoms with van der Waals surface area (Å²) in [5.74, 6) is 0.255. The molecule has 0 spiro atoms. The first kappa shape index (κ1) is 12.9. The smallest absolute Gasteiger partial charge is 0.167 e. The lowest BCUT2D eigenvalue weighted by Crippen LogP contribution is -2.01. The molecule has 94 valence electrons. The van der Waals surface area contributed by atoms with Crippen LogP contribution in [0, 0.1) is 12.7 Å². The Balaban J connectivity index is 2.42. The standard InChI is InChI=1S/C14H13ClFNO/c1-9-5-6-11(15)7-13(9)18-14-10(8-17)3-2-4-12(14)16/h2-7H,8,17H2,1H3. The summed E-state index contributed by atoms with van der Waals surface area (Å²) in [5.41, 5.74) is 7.07. The van der Waals surface area contributed by atoms with Gasteiger partial charge in [-0.15, -0.1) is 0 Å². The molecule has 0 saturated carbocycles. The van der Waals surface area contributed by atoms with E-state index in [4.69, 9.17) is 22.1 Å². The van der Waals surface area contributed by atoms with Crippen LogP contribution in [0.1, 0.15) is 11.1 Å². The molecule has 18 heavy (non-hydrogen) atoms. The maximum Gasteiger partial charge on any atom is 0.167 e. The van der Waals surface area contributed by atoms with Crippen LogP contribution in [0.2, 0.25) is 5.02 Å². The number of ether oxygens (including phenoxy) is 1. The quantitative estimate of drug-likeness (QED) is 0.909. The van der Waals surface area contributed by atoms with Crippen molar-refractivity contribution in [2.45, 2.75) is 13.5 Å². The fraction of sp³-hybridized carbons (Fsp3) is 0.143. The molecule has 2 aromatic carbocycles. The monoisotopic (exact) mass is 265 g/mol. The van der Waals surface area contributed by atoms with Crippen LogP contribution < -0.4 is 10.5 Å². The predicted molar refractivity (Wildman–Crippen MR) is 70.6 cm³/mol. The number of hydrogen-bond donors (Lipinski definition) is 1. The van der Waals surface area contributed by atoms with Gasteiger partial charge in [-0.2, -0.15) is 0 Å². The molecule has 0 amide bonds. The summed E-state index contributed by atoms with van der Waals surface area (Å²) < 4.78 is 19.3. The summed E-state index contributed by atoms with van der Waals surface area (Å²) in [4.78, 5) is 0. The number of hydrogen-bond acceptors (Lipinski definition) is 2. The van der Waals surface area contributed by atoms with Crippen LogP contribution in [-0.4, -0.2) is 0 Å². The van der Waals surface area contributed by atoms with Gasteiger partial charge in [0, 0.05) is 17.1 Å². The lowest BCUT2D eigenvalue weighted by atomic mass is 10.2. The summed E-state index contributed by atoms with van der Waals surface area (Å²) in [7, 11) is 0. The molecule has 0 saturated heterocycles. The van der Waals surface area contributed by atoms with Gasteiger partial charge in [0.2, 0.25) is 0 Å². The lowest BCUT2D eigenvalue weighted by molar-refractivity contribution is 0.434. The SMILES string of the molecule is Cc1ccc(Cl)cc1Oc1c(F)cccc1CN. The molecule has 0 aromatic heterocycles. The number of benzene rings is 2. The summed E-state index contributed by atoms with van der Waals surface area (Å²) in [6.07, 6.45) is 0. The Morgan fingerprint density at radius 2 is 2.06 bits per heavy atom. The second-order valence-corrected chi connectivity index (χ2v) is 4.38. The first-order valence-corrected chi connectivity index (χ1v) is 5.91. The van der Waals surface area contributed by atoms with Crippen molar-refractivity contribution in [2.75, 3.05) is 0 Å². The van der Waals surface area contributed by atoms with E-state index in [9.17, 15) is 4.39 Å². The molecule has 4 heteroatoms. The van der Waals surface area contributed by atoms with Crippen LogP contribution >= 0.6 is 11.6 Å². The third kappa shape index (κ3) is 2.63. The molecule has 2 N–H and O–H groups in total. The van der Waals surface area contributed by atoms with Crippen LogP contribution in [0.5, 0.6) is 11.5 Å². The summed E-state index contributed by atoms with van der Waals surface area (Å²) in [6, 6.07) is 9.92. The Kier molecular flexibility index (Phi) is 3.84. The molecule has 0 heterocycles. The van der Waals surface area contributed by atoms with Crippen LogP contribution in [-0.2, 0) is 6.54 Å². The minimum Gasteiger partial charge on any atom is -0.454 e. The van der Waals surface area contributed by atoms with E-state index in [1.54, 1.807) is 24.3 Å². The predicted octanol–water partition coefficient (Wildman–Crippen LogP) is 4.04. The van der Waals surface area contributed by atoms with Crippen molar-refractivity contribution < 1.29 is 9.13 Å². The minimum atomic E-state index is -0.433. The van der Waals surface area contributed by atoms with Crippen molar-refractivity contribution in [1.29, 1.82) is 0 Å². The molecule has 0 atom stereocenters. The maximum atomic E-state index is 13.7. The van der Waals surface area contributed by atoms with Crippen LogP contribution in [0.25, 0.3) is 0 Å². The highest BCUT2D eigenvalue weighted by molar-refractivity contribution is 6.30. The Morgan fingerprint density at radius 3 is 2.78 bits per heavy atom. The zero-order valence-corrected chi connectivity index (χ0v) is 10.7. The van der Waals surface area contributed by atoms with E-state index < -0.39 is 5.82 Å². The van der Waals surface area contributed by atoms with Gasteiger partial charge < -0.3 is 10.5 Å². The van der Waals surface area contributed by atoms with Gasteiger partial charge in [0.05, 0.1) is 0 Å². The van der Waals surface area contributed by atoms with Crippen LogP contribution in [0.3, 0.4) is 0 Å². The number of aryl methyl sites for hydroxylation is 1. The second kappa shape index (κ2) is 5.38. The molecule has 0 unspecified atom stereocenters. The van der Waals surface area contributed by atoms with Gasteiger partial charge in [0.1, 0.15) is 5.75 Å². The summed E-state index contributed by atoms with van der Waals surface area (Å²) in [6.45, 7) is 2.08. The number of nitrogens with two attached hydrogens (primary N) is 1. The topological polar surface area (TPSA) is 35.2 Å². The van der Waals surface area contributed by atoms with Gasteiger partial charge in [-0.1, -0.05) is 29.8 Å². The van der Waals surface area contributed by atoms with E-state index in [1.165, 1.54) is 6.07 Å². The molecule has 2 nitrogen and oxygen atoms in total. The van der Waals surface area contributed by atoms with Crippen molar-refractivity contribution in [1.82, 2.24) is 0 Å². The maximum absolute atomic E-state index is 13.7. The van der Waals surface area contributed by atoms with E-state index in [-0.39, 0.29) is 12.3 Å². The van der Waals surface area contributed by atoms with Crippen molar-refractivity contribution in [3.8, 4) is 11.5 Å². The lowest BCUT2D eigenvalue weighted by Gasteiger charge is -2.13. The fourth-order valence-corrected chi connectivity index (χ4v) is 1.78. The second-order valence-electron chi connectivity index (χ2n) is 3.94. The Bertz CT molecular complexity index is 572. The molecule has 0 radical (unpaired) electrons. The van der Waals surface area contributed by atoms with Crippen molar-refractivity contribution in [3.05, 3.63) is 58.4 Å². The van der Waals surface area contributed by atoms with Gasteiger partial charge in [-0.05, 0) is 30.7 Å². The molecule has 2 rings (SSSR count). The molecule has 0 aliphatic heterocycles. The number of rotatable bonds is 3. The largest absolute Gasteiger partial charge is 0.454 e. The van der Waals surface area contributed by atoms with Crippen LogP contribution in [0.15, 0.2) is 36.4 Å². The van der Waals surface area contributed by atoms with E-state index in [1.807, 2.05) is 13.0 Å². The molecule has 0 aliphatic carbocycles. The normalized spacial score (nSPS) is 10.4. The van der Waals surface area contributed by atoms with Gasteiger partial charge >= 0.3 is 0 Å². The van der Waals surface area contributed by atoms with Gasteiger partial charge in [-0.25, -0.2) is 4.39 Å². The summed E-state index contributed by atoms with van der Waals surface area (Å²) in [5, 5.41) is 0.543. The van der Waals surface area contributed by atoms with Gasteiger partial charge in [0.25, 0.3) is 0 Å². The Morgan fingerprint density at radius 1 is 1.28 bits per heavy atom. The number of para-hydroxylation sites is 1. The Hall–Kier alpha value is -1.58. The minimum absolute atomic E-state index is 0.158. The van der Waals surface area contributed by atoms with Crippen molar-refractivity contribution in [3.63, 3.8) is 0 Å². The third-order valence-electron chi connectivity index (χ3n) is 2.63. The van der Waals surface area contributed by atoms with E-state index in [0.29, 0.717) is 16.3 Å². The molecular weight excluding hydrogens is 253 g/mol. The highest BCUT2D eigenvalue weighted by atomic mass is 35.5. The average Bonchev–Trinajstić information content (AvgIpc) is 2.36. The van der Waals surface area contributed by atoms with Crippen LogP contribution in [0.4, 0.5) is 4.39 Å². The van der Waals surface area contributed by atoms with Crippen molar-refractivity contribution >= 4 is 11.6 Å². The summed E-state index contributed by atoms with van der Waals surface area (Å²) >= 11 is 5.90. The first-order valence-electron chi connectivity index (χ1n) is 5.53. The molecule has 0 fully saturated rings. The van der Waals surface area contributed by atoms with E-state index in [2.05, 4.69) is 0 Å². The zero-order chi connectivity index (χ0) is 13.1. The average molecular weight is 266 g/mol. The molecular formula is C14H13ClFNO. The first-order chi connectivity index (χ1) is 8.61. The molecule has 2 aromatic rings.